The molecule has 0 aliphatic carbocycles. The van der Waals surface area contributed by atoms with Gasteiger partial charge in [0, 0.05) is 13.5 Å². The summed E-state index contributed by atoms with van der Waals surface area (Å²) >= 11 is 0. The third-order valence-electron chi connectivity index (χ3n) is 3.41. The lowest BCUT2D eigenvalue weighted by Crippen LogP contribution is -2.17. The van der Waals surface area contributed by atoms with Gasteiger partial charge in [0.25, 0.3) is 10.0 Å². The lowest BCUT2D eigenvalue weighted by molar-refractivity contribution is 0.0686. The van der Waals surface area contributed by atoms with Crippen LogP contribution in [-0.2, 0) is 17.1 Å². The Morgan fingerprint density at radius 2 is 2.08 bits per heavy atom. The lowest BCUT2D eigenvalue weighted by atomic mass is 10.3. The Morgan fingerprint density at radius 3 is 2.83 bits per heavy atom. The molecule has 0 bridgehead atoms. The lowest BCUT2D eigenvalue weighted by Gasteiger charge is -2.13. The number of anilines is 1. The van der Waals surface area contributed by atoms with E-state index in [4.69, 9.17) is 9.47 Å². The number of carboxylic acid groups (broad SMARTS) is 1. The number of aromatic carboxylic acids is 1. The van der Waals surface area contributed by atoms with E-state index in [9.17, 15) is 18.3 Å². The largest absolute Gasteiger partial charge is 0.490 e. The summed E-state index contributed by atoms with van der Waals surface area (Å²) in [6.45, 7) is 0.752. The van der Waals surface area contributed by atoms with Crippen molar-refractivity contribution in [2.75, 3.05) is 17.9 Å². The summed E-state index contributed by atoms with van der Waals surface area (Å²) < 4.78 is 39.7. The van der Waals surface area contributed by atoms with Crippen LogP contribution in [0.25, 0.3) is 0 Å². The maximum absolute atomic E-state index is 12.7. The molecule has 0 spiro atoms. The van der Waals surface area contributed by atoms with Gasteiger partial charge in [-0.1, -0.05) is 6.07 Å². The van der Waals surface area contributed by atoms with Crippen molar-refractivity contribution in [2.24, 2.45) is 7.05 Å². The highest BCUT2D eigenvalue weighted by Crippen LogP contribution is 2.36. The molecule has 1 aromatic carbocycles. The molecule has 1 aliphatic heterocycles. The molecular weight excluding hydrogens is 338 g/mol. The first-order chi connectivity index (χ1) is 11.4. The van der Waals surface area contributed by atoms with Gasteiger partial charge < -0.3 is 14.6 Å². The molecule has 1 aliphatic rings. The Bertz CT molecular complexity index is 890. The second-order valence-corrected chi connectivity index (χ2v) is 6.73. The zero-order valence-electron chi connectivity index (χ0n) is 12.7. The molecule has 0 saturated heterocycles. The average molecular weight is 353 g/mol. The third-order valence-corrected chi connectivity index (χ3v) is 4.80. The monoisotopic (exact) mass is 353 g/mol. The molecule has 3 rings (SSSR count). The first-order valence-electron chi connectivity index (χ1n) is 7.07. The summed E-state index contributed by atoms with van der Waals surface area (Å²) in [6, 6.07) is 4.52. The molecule has 0 fully saturated rings. The molecule has 0 unspecified atom stereocenters. The SMILES string of the molecule is Cn1ncc(NS(=O)(=O)c2cccc3c2OCCCO3)c1C(=O)O. The molecule has 0 amide bonds. The van der Waals surface area contributed by atoms with Gasteiger partial charge in [-0.05, 0) is 12.1 Å². The van der Waals surface area contributed by atoms with Gasteiger partial charge in [-0.25, -0.2) is 13.2 Å². The van der Waals surface area contributed by atoms with Crippen LogP contribution >= 0.6 is 0 Å². The fraction of sp³-hybridized carbons (Fsp3) is 0.286. The fourth-order valence-electron chi connectivity index (χ4n) is 2.34. The number of hydrogen-bond donors (Lipinski definition) is 2. The van der Waals surface area contributed by atoms with E-state index >= 15 is 0 Å². The summed E-state index contributed by atoms with van der Waals surface area (Å²) in [5.74, 6) is -0.845. The van der Waals surface area contributed by atoms with Gasteiger partial charge in [-0.15, -0.1) is 0 Å². The van der Waals surface area contributed by atoms with Crippen molar-refractivity contribution in [3.8, 4) is 11.5 Å². The van der Waals surface area contributed by atoms with E-state index in [2.05, 4.69) is 9.82 Å². The number of sulfonamides is 1. The van der Waals surface area contributed by atoms with Crippen LogP contribution in [0.5, 0.6) is 11.5 Å². The summed E-state index contributed by atoms with van der Waals surface area (Å²) in [6.07, 6.45) is 1.77. The van der Waals surface area contributed by atoms with Gasteiger partial charge in [0.2, 0.25) is 0 Å². The Balaban J connectivity index is 2.02. The summed E-state index contributed by atoms with van der Waals surface area (Å²) in [7, 11) is -2.68. The van der Waals surface area contributed by atoms with Gasteiger partial charge in [0.1, 0.15) is 10.6 Å². The zero-order valence-corrected chi connectivity index (χ0v) is 13.5. The highest BCUT2D eigenvalue weighted by atomic mass is 32.2. The molecule has 2 aromatic rings. The predicted molar refractivity (Wildman–Crippen MR) is 83.0 cm³/mol. The third kappa shape index (κ3) is 2.87. The number of fused-ring (bicyclic) bond motifs is 1. The van der Waals surface area contributed by atoms with Crippen LogP contribution in [0, 0.1) is 0 Å². The normalized spacial score (nSPS) is 14.0. The van der Waals surface area contributed by atoms with E-state index in [0.29, 0.717) is 25.4 Å². The molecule has 0 radical (unpaired) electrons. The zero-order chi connectivity index (χ0) is 17.3. The van der Waals surface area contributed by atoms with E-state index < -0.39 is 16.0 Å². The van der Waals surface area contributed by atoms with Crippen LogP contribution in [0.3, 0.4) is 0 Å². The Kier molecular flexibility index (Phi) is 4.06. The first kappa shape index (κ1) is 16.1. The van der Waals surface area contributed by atoms with Gasteiger partial charge in [0.05, 0.1) is 19.4 Å². The average Bonchev–Trinajstić information content (AvgIpc) is 2.73. The highest BCUT2D eigenvalue weighted by molar-refractivity contribution is 7.92. The Morgan fingerprint density at radius 1 is 1.33 bits per heavy atom. The van der Waals surface area contributed by atoms with E-state index in [1.807, 2.05) is 0 Å². The van der Waals surface area contributed by atoms with E-state index in [0.717, 1.165) is 10.9 Å². The molecule has 0 saturated carbocycles. The number of hydrogen-bond acceptors (Lipinski definition) is 6. The summed E-state index contributed by atoms with van der Waals surface area (Å²) in [4.78, 5) is 11.1. The summed E-state index contributed by atoms with van der Waals surface area (Å²) in [5.41, 5.74) is -0.394. The minimum Gasteiger partial charge on any atom is -0.490 e. The van der Waals surface area contributed by atoms with Crippen molar-refractivity contribution in [1.29, 1.82) is 0 Å². The minimum absolute atomic E-state index is 0.114. The number of aryl methyl sites for hydroxylation is 1. The summed E-state index contributed by atoms with van der Waals surface area (Å²) in [5, 5.41) is 13.0. The van der Waals surface area contributed by atoms with Gasteiger partial charge in [0.15, 0.2) is 17.2 Å². The molecule has 24 heavy (non-hydrogen) atoms. The minimum atomic E-state index is -4.09. The smallest absolute Gasteiger partial charge is 0.356 e. The van der Waals surface area contributed by atoms with Crippen molar-refractivity contribution >= 4 is 21.7 Å². The fourth-order valence-corrected chi connectivity index (χ4v) is 3.55. The van der Waals surface area contributed by atoms with E-state index in [1.54, 1.807) is 6.07 Å². The molecule has 1 aromatic heterocycles. The number of aromatic nitrogens is 2. The van der Waals surface area contributed by atoms with Crippen LogP contribution in [0.15, 0.2) is 29.3 Å². The van der Waals surface area contributed by atoms with Crippen LogP contribution in [-0.4, -0.2) is 42.5 Å². The number of para-hydroxylation sites is 1. The van der Waals surface area contributed by atoms with E-state index in [-0.39, 0.29) is 22.0 Å². The predicted octanol–water partition coefficient (Wildman–Crippen LogP) is 1.08. The van der Waals surface area contributed by atoms with Crippen LogP contribution in [0.1, 0.15) is 16.9 Å². The molecule has 2 heterocycles. The number of rotatable bonds is 4. The first-order valence-corrected chi connectivity index (χ1v) is 8.55. The molecule has 9 nitrogen and oxygen atoms in total. The van der Waals surface area contributed by atoms with Gasteiger partial charge in [-0.2, -0.15) is 5.10 Å². The van der Waals surface area contributed by atoms with Gasteiger partial charge in [-0.3, -0.25) is 9.40 Å². The van der Waals surface area contributed by atoms with Crippen molar-refractivity contribution in [1.82, 2.24) is 9.78 Å². The van der Waals surface area contributed by atoms with Gasteiger partial charge >= 0.3 is 5.97 Å². The van der Waals surface area contributed by atoms with Crippen molar-refractivity contribution in [3.63, 3.8) is 0 Å². The topological polar surface area (TPSA) is 120 Å². The van der Waals surface area contributed by atoms with Crippen LogP contribution < -0.4 is 14.2 Å². The number of carbonyl (C=O) groups is 1. The van der Waals surface area contributed by atoms with Crippen LogP contribution in [0.4, 0.5) is 5.69 Å². The molecule has 128 valence electrons. The number of carboxylic acids is 1. The quantitative estimate of drug-likeness (QED) is 0.844. The van der Waals surface area contributed by atoms with Crippen molar-refractivity contribution in [3.05, 3.63) is 30.1 Å². The number of nitrogens with zero attached hydrogens (tertiary/aromatic N) is 2. The maximum atomic E-state index is 12.7. The molecule has 0 atom stereocenters. The number of benzene rings is 1. The Hall–Kier alpha value is -2.75. The Labute approximate surface area is 137 Å². The number of nitrogens with one attached hydrogen (secondary N) is 1. The molecular formula is C14H15N3O6S. The second kappa shape index (κ2) is 6.04. The maximum Gasteiger partial charge on any atom is 0.356 e. The molecule has 2 N–H and O–H groups in total. The highest BCUT2D eigenvalue weighted by Gasteiger charge is 2.27. The second-order valence-electron chi connectivity index (χ2n) is 5.07. The number of ether oxygens (including phenoxy) is 2. The van der Waals surface area contributed by atoms with Crippen molar-refractivity contribution in [2.45, 2.75) is 11.3 Å². The van der Waals surface area contributed by atoms with Crippen molar-refractivity contribution < 1.29 is 27.8 Å². The molecule has 10 heteroatoms. The standard InChI is InChI=1S/C14H15N3O6S/c1-17-12(14(18)19)9(8-15-17)16-24(20,21)11-5-2-4-10-13(11)23-7-3-6-22-10/h2,4-5,8,16H,3,6-7H2,1H3,(H,18,19). The van der Waals surface area contributed by atoms with E-state index in [1.165, 1.54) is 19.2 Å². The van der Waals surface area contributed by atoms with Crippen LogP contribution in [0.2, 0.25) is 0 Å².